The summed E-state index contributed by atoms with van der Waals surface area (Å²) in [6.45, 7) is 3.75. The van der Waals surface area contributed by atoms with E-state index in [0.717, 1.165) is 0 Å². The number of carbonyl (C=O) groups is 2. The van der Waals surface area contributed by atoms with Crippen LogP contribution in [0.25, 0.3) is 0 Å². The number of primary amides is 1. The number of carbonyl (C=O) groups excluding carboxylic acids is 2. The Morgan fingerprint density at radius 3 is 2.62 bits per heavy atom. The first-order valence-electron chi connectivity index (χ1n) is 5.06. The van der Waals surface area contributed by atoms with Crippen molar-refractivity contribution in [2.75, 3.05) is 13.2 Å². The molecule has 0 aliphatic carbocycles. The van der Waals surface area contributed by atoms with E-state index in [2.05, 4.69) is 5.32 Å². The van der Waals surface area contributed by atoms with Crippen LogP contribution in [0.15, 0.2) is 0 Å². The molecule has 0 spiro atoms. The van der Waals surface area contributed by atoms with Gasteiger partial charge in [0, 0.05) is 13.0 Å². The van der Waals surface area contributed by atoms with Crippen molar-refractivity contribution in [1.82, 2.24) is 5.32 Å². The summed E-state index contributed by atoms with van der Waals surface area (Å²) in [4.78, 5) is 22.4. The Morgan fingerprint density at radius 2 is 2.19 bits per heavy atom. The zero-order valence-corrected chi connectivity index (χ0v) is 9.53. The molecule has 6 nitrogen and oxygen atoms in total. The van der Waals surface area contributed by atoms with E-state index in [9.17, 15) is 9.59 Å². The molecule has 3 N–H and O–H groups in total. The van der Waals surface area contributed by atoms with Crippen molar-refractivity contribution < 1.29 is 14.3 Å². The number of amides is 2. The van der Waals surface area contributed by atoms with E-state index in [1.165, 1.54) is 0 Å². The van der Waals surface area contributed by atoms with Crippen LogP contribution in [0, 0.1) is 17.2 Å². The van der Waals surface area contributed by atoms with Crippen LogP contribution in [0.5, 0.6) is 0 Å². The minimum Gasteiger partial charge on any atom is -0.372 e. The largest absolute Gasteiger partial charge is 0.372 e. The fourth-order valence-corrected chi connectivity index (χ4v) is 1.17. The van der Waals surface area contributed by atoms with Crippen molar-refractivity contribution in [1.29, 1.82) is 5.26 Å². The number of nitrogens with zero attached hydrogens (tertiary/aromatic N) is 1. The average molecular weight is 227 g/mol. The third-order valence-corrected chi connectivity index (χ3v) is 2.04. The molecule has 0 unspecified atom stereocenters. The quantitative estimate of drug-likeness (QED) is 0.614. The van der Waals surface area contributed by atoms with Gasteiger partial charge in [0.15, 0.2) is 0 Å². The molecule has 0 aromatic carbocycles. The molecule has 2 amide bonds. The summed E-state index contributed by atoms with van der Waals surface area (Å²) in [5.74, 6) is -1.36. The fourth-order valence-electron chi connectivity index (χ4n) is 1.17. The molecule has 0 fully saturated rings. The van der Waals surface area contributed by atoms with Crippen molar-refractivity contribution in [3.05, 3.63) is 0 Å². The van der Waals surface area contributed by atoms with Crippen LogP contribution < -0.4 is 11.1 Å². The van der Waals surface area contributed by atoms with Gasteiger partial charge < -0.3 is 15.8 Å². The van der Waals surface area contributed by atoms with Gasteiger partial charge in [-0.2, -0.15) is 5.26 Å². The van der Waals surface area contributed by atoms with Crippen LogP contribution in [0.3, 0.4) is 0 Å². The molecule has 0 radical (unpaired) electrons. The topological polar surface area (TPSA) is 105 Å². The number of rotatable bonds is 7. The Kier molecular flexibility index (Phi) is 6.88. The minimum absolute atomic E-state index is 0.112. The van der Waals surface area contributed by atoms with Crippen molar-refractivity contribution >= 4 is 11.8 Å². The molecule has 0 saturated heterocycles. The van der Waals surface area contributed by atoms with Gasteiger partial charge in [0.25, 0.3) is 0 Å². The van der Waals surface area contributed by atoms with Gasteiger partial charge in [-0.05, 0) is 12.8 Å². The molecule has 0 aliphatic heterocycles. The summed E-state index contributed by atoms with van der Waals surface area (Å²) in [7, 11) is 0. The number of nitriles is 1. The number of hydrogen-bond donors (Lipinski definition) is 2. The fraction of sp³-hybridized carbons (Fsp3) is 0.700. The zero-order chi connectivity index (χ0) is 12.6. The number of nitrogens with one attached hydrogen (secondary N) is 1. The minimum atomic E-state index is -0.826. The second-order valence-electron chi connectivity index (χ2n) is 3.42. The summed E-state index contributed by atoms with van der Waals surface area (Å²) in [5, 5.41) is 10.9. The van der Waals surface area contributed by atoms with E-state index < -0.39 is 17.9 Å². The Morgan fingerprint density at radius 1 is 1.56 bits per heavy atom. The van der Waals surface area contributed by atoms with E-state index in [0.29, 0.717) is 6.61 Å². The molecule has 0 aromatic rings. The second-order valence-corrected chi connectivity index (χ2v) is 3.42. The summed E-state index contributed by atoms with van der Waals surface area (Å²) >= 11 is 0. The highest BCUT2D eigenvalue weighted by Gasteiger charge is 2.24. The zero-order valence-electron chi connectivity index (χ0n) is 9.53. The second kappa shape index (κ2) is 7.65. The van der Waals surface area contributed by atoms with Gasteiger partial charge in [-0.15, -0.1) is 0 Å². The van der Waals surface area contributed by atoms with Crippen molar-refractivity contribution in [2.45, 2.75) is 26.3 Å². The van der Waals surface area contributed by atoms with Crippen molar-refractivity contribution in [3.8, 4) is 6.07 Å². The molecule has 2 atom stereocenters. The average Bonchev–Trinajstić information content (AvgIpc) is 2.22. The molecular weight excluding hydrogens is 210 g/mol. The third kappa shape index (κ3) is 5.32. The molecule has 0 saturated carbocycles. The van der Waals surface area contributed by atoms with E-state index >= 15 is 0 Å². The maximum atomic E-state index is 11.3. The normalized spacial score (nSPS) is 13.6. The van der Waals surface area contributed by atoms with Crippen LogP contribution in [-0.4, -0.2) is 31.1 Å². The summed E-state index contributed by atoms with van der Waals surface area (Å²) in [6, 6.07) is 1.10. The lowest BCUT2D eigenvalue weighted by atomic mass is 9.98. The van der Waals surface area contributed by atoms with Gasteiger partial charge >= 0.3 is 0 Å². The first kappa shape index (κ1) is 14.4. The maximum absolute atomic E-state index is 11.3. The molecule has 0 aromatic heterocycles. The van der Waals surface area contributed by atoms with Gasteiger partial charge in [-0.1, -0.05) is 6.92 Å². The van der Waals surface area contributed by atoms with Crippen LogP contribution in [-0.2, 0) is 14.3 Å². The smallest absolute Gasteiger partial charge is 0.246 e. The SMILES string of the molecule is CCOCC(=O)N[C@H](C(N)=O)[C@@H](C)CC#N. The van der Waals surface area contributed by atoms with Crippen LogP contribution in [0.2, 0.25) is 0 Å². The molecule has 0 heterocycles. The Labute approximate surface area is 94.7 Å². The Hall–Kier alpha value is -1.61. The molecule has 6 heteroatoms. The predicted octanol–water partition coefficient (Wildman–Crippen LogP) is -0.457. The number of hydrogen-bond acceptors (Lipinski definition) is 4. The third-order valence-electron chi connectivity index (χ3n) is 2.04. The number of nitrogens with two attached hydrogens (primary N) is 1. The van der Waals surface area contributed by atoms with Gasteiger partial charge in [0.05, 0.1) is 6.07 Å². The van der Waals surface area contributed by atoms with Crippen LogP contribution in [0.4, 0.5) is 0 Å². The standard InChI is InChI=1S/C10H17N3O3/c1-3-16-6-8(14)13-9(10(12)15)7(2)4-5-11/h7,9H,3-4,6H2,1-2H3,(H2,12,15)(H,13,14)/t7-,9-/m0/s1. The highest BCUT2D eigenvalue weighted by molar-refractivity contribution is 5.87. The summed E-state index contributed by atoms with van der Waals surface area (Å²) < 4.78 is 4.89. The van der Waals surface area contributed by atoms with Gasteiger partial charge in [0.2, 0.25) is 11.8 Å². The predicted molar refractivity (Wildman–Crippen MR) is 57.0 cm³/mol. The van der Waals surface area contributed by atoms with E-state index in [-0.39, 0.29) is 18.9 Å². The summed E-state index contributed by atoms with van der Waals surface area (Å²) in [5.41, 5.74) is 5.14. The molecule has 0 rings (SSSR count). The van der Waals surface area contributed by atoms with Crippen LogP contribution >= 0.6 is 0 Å². The lowest BCUT2D eigenvalue weighted by molar-refractivity contribution is -0.131. The van der Waals surface area contributed by atoms with Gasteiger partial charge in [0.1, 0.15) is 12.6 Å². The molecule has 0 bridgehead atoms. The first-order valence-corrected chi connectivity index (χ1v) is 5.06. The monoisotopic (exact) mass is 227 g/mol. The molecule has 0 aliphatic rings. The number of ether oxygens (including phenoxy) is 1. The van der Waals surface area contributed by atoms with E-state index in [1.54, 1.807) is 13.8 Å². The Balaban J connectivity index is 4.29. The van der Waals surface area contributed by atoms with Crippen LogP contribution in [0.1, 0.15) is 20.3 Å². The van der Waals surface area contributed by atoms with Crippen molar-refractivity contribution in [3.63, 3.8) is 0 Å². The first-order chi connectivity index (χ1) is 7.52. The molecule has 90 valence electrons. The highest BCUT2D eigenvalue weighted by atomic mass is 16.5. The summed E-state index contributed by atoms with van der Waals surface area (Å²) in [6.07, 6.45) is 0.155. The highest BCUT2D eigenvalue weighted by Crippen LogP contribution is 2.06. The van der Waals surface area contributed by atoms with Gasteiger partial charge in [-0.3, -0.25) is 9.59 Å². The van der Waals surface area contributed by atoms with Crippen molar-refractivity contribution in [2.24, 2.45) is 11.7 Å². The van der Waals surface area contributed by atoms with E-state index in [4.69, 9.17) is 15.7 Å². The van der Waals surface area contributed by atoms with Gasteiger partial charge in [-0.25, -0.2) is 0 Å². The van der Waals surface area contributed by atoms with E-state index in [1.807, 2.05) is 6.07 Å². The maximum Gasteiger partial charge on any atom is 0.246 e. The lowest BCUT2D eigenvalue weighted by Gasteiger charge is -2.20. The Bertz CT molecular complexity index is 286. The lowest BCUT2D eigenvalue weighted by Crippen LogP contribution is -2.49. The molecular formula is C10H17N3O3. The molecule has 16 heavy (non-hydrogen) atoms.